The predicted octanol–water partition coefficient (Wildman–Crippen LogP) is 3.73. The van der Waals surface area contributed by atoms with Gasteiger partial charge in [0.15, 0.2) is 0 Å². The zero-order chi connectivity index (χ0) is 15.4. The van der Waals surface area contributed by atoms with E-state index in [1.54, 1.807) is 22.7 Å². The second-order valence-corrected chi connectivity index (χ2v) is 6.33. The van der Waals surface area contributed by atoms with Crippen LogP contribution in [-0.4, -0.2) is 20.2 Å². The fourth-order valence-electron chi connectivity index (χ4n) is 2.10. The molecule has 5 nitrogen and oxygen atoms in total. The van der Waals surface area contributed by atoms with Gasteiger partial charge in [-0.15, -0.1) is 5.10 Å². The first-order valence-corrected chi connectivity index (χ1v) is 8.21. The average molecular weight is 314 g/mol. The molecule has 0 saturated carbocycles. The number of hydrogen-bond acceptors (Lipinski definition) is 5. The monoisotopic (exact) mass is 314 g/mol. The van der Waals surface area contributed by atoms with Gasteiger partial charge in [0, 0.05) is 5.75 Å². The number of benzene rings is 1. The number of aromatic nitrogens is 4. The fourth-order valence-corrected chi connectivity index (χ4v) is 2.93. The van der Waals surface area contributed by atoms with Crippen LogP contribution in [0.4, 0.5) is 0 Å². The Morgan fingerprint density at radius 3 is 2.68 bits per heavy atom. The molecule has 0 amide bonds. The molecule has 3 aromatic rings. The van der Waals surface area contributed by atoms with Crippen molar-refractivity contribution in [3.8, 4) is 0 Å². The summed E-state index contributed by atoms with van der Waals surface area (Å²) in [4.78, 5) is 0. The van der Waals surface area contributed by atoms with Crippen molar-refractivity contribution in [3.05, 3.63) is 59.5 Å². The molecule has 3 rings (SSSR count). The van der Waals surface area contributed by atoms with Gasteiger partial charge in [0.2, 0.25) is 5.16 Å². The zero-order valence-electron chi connectivity index (χ0n) is 12.6. The third-order valence-electron chi connectivity index (χ3n) is 3.40. The molecule has 114 valence electrons. The van der Waals surface area contributed by atoms with Crippen LogP contribution in [-0.2, 0) is 12.3 Å². The zero-order valence-corrected chi connectivity index (χ0v) is 13.5. The summed E-state index contributed by atoms with van der Waals surface area (Å²) in [5, 5.41) is 12.6. The van der Waals surface area contributed by atoms with Gasteiger partial charge in [-0.3, -0.25) is 0 Å². The van der Waals surface area contributed by atoms with Crippen LogP contribution in [0.15, 0.2) is 52.2 Å². The first kappa shape index (κ1) is 14.8. The number of furan rings is 1. The van der Waals surface area contributed by atoms with E-state index in [4.69, 9.17) is 4.42 Å². The lowest BCUT2D eigenvalue weighted by Gasteiger charge is -2.06. The van der Waals surface area contributed by atoms with Crippen LogP contribution >= 0.6 is 11.8 Å². The van der Waals surface area contributed by atoms with E-state index >= 15 is 0 Å². The van der Waals surface area contributed by atoms with Crippen molar-refractivity contribution in [2.75, 3.05) is 0 Å². The molecule has 0 aliphatic heterocycles. The molecule has 0 N–H and O–H groups in total. The van der Waals surface area contributed by atoms with Gasteiger partial charge in [-0.05, 0) is 39.6 Å². The van der Waals surface area contributed by atoms with Gasteiger partial charge < -0.3 is 4.42 Å². The van der Waals surface area contributed by atoms with Crippen molar-refractivity contribution in [1.82, 2.24) is 20.2 Å². The van der Waals surface area contributed by atoms with Crippen molar-refractivity contribution in [2.45, 2.75) is 37.2 Å². The van der Waals surface area contributed by atoms with Gasteiger partial charge in [-0.2, -0.15) is 0 Å². The van der Waals surface area contributed by atoms with Crippen molar-refractivity contribution in [2.24, 2.45) is 0 Å². The molecular weight excluding hydrogens is 296 g/mol. The lowest BCUT2D eigenvalue weighted by molar-refractivity contribution is 0.462. The highest BCUT2D eigenvalue weighted by molar-refractivity contribution is 7.98. The van der Waals surface area contributed by atoms with Crippen LogP contribution < -0.4 is 0 Å². The van der Waals surface area contributed by atoms with Gasteiger partial charge in [0.05, 0.1) is 6.26 Å². The number of thioether (sulfide) groups is 1. The molecule has 0 aliphatic carbocycles. The van der Waals surface area contributed by atoms with Gasteiger partial charge in [-0.1, -0.05) is 49.9 Å². The maximum absolute atomic E-state index is 5.33. The fraction of sp³-hybridized carbons (Fsp3) is 0.312. The maximum Gasteiger partial charge on any atom is 0.210 e. The molecule has 0 bridgehead atoms. The van der Waals surface area contributed by atoms with Crippen LogP contribution in [0.5, 0.6) is 0 Å². The van der Waals surface area contributed by atoms with Crippen LogP contribution in [0.3, 0.4) is 0 Å². The van der Waals surface area contributed by atoms with Crippen molar-refractivity contribution in [3.63, 3.8) is 0 Å². The minimum Gasteiger partial charge on any atom is -0.467 e. The largest absolute Gasteiger partial charge is 0.467 e. The van der Waals surface area contributed by atoms with E-state index in [9.17, 15) is 0 Å². The van der Waals surface area contributed by atoms with E-state index in [1.807, 2.05) is 12.1 Å². The van der Waals surface area contributed by atoms with Crippen molar-refractivity contribution < 1.29 is 4.42 Å². The lowest BCUT2D eigenvalue weighted by atomic mass is 10.0. The number of tetrazole rings is 1. The molecule has 0 radical (unpaired) electrons. The molecule has 6 heteroatoms. The van der Waals surface area contributed by atoms with Gasteiger partial charge in [-0.25, -0.2) is 4.68 Å². The van der Waals surface area contributed by atoms with Gasteiger partial charge in [0.25, 0.3) is 0 Å². The summed E-state index contributed by atoms with van der Waals surface area (Å²) in [7, 11) is 0. The van der Waals surface area contributed by atoms with E-state index < -0.39 is 0 Å². The Labute approximate surface area is 133 Å². The average Bonchev–Trinajstić information content (AvgIpc) is 3.18. The molecular formula is C16H18N4OS. The van der Waals surface area contributed by atoms with Crippen molar-refractivity contribution in [1.29, 1.82) is 0 Å². The van der Waals surface area contributed by atoms with Crippen molar-refractivity contribution >= 4 is 11.8 Å². The number of rotatable bonds is 6. The second kappa shape index (κ2) is 6.79. The summed E-state index contributed by atoms with van der Waals surface area (Å²) in [6.07, 6.45) is 1.66. The Hall–Kier alpha value is -2.08. The Morgan fingerprint density at radius 1 is 1.18 bits per heavy atom. The second-order valence-electron chi connectivity index (χ2n) is 5.38. The van der Waals surface area contributed by atoms with Gasteiger partial charge >= 0.3 is 0 Å². The van der Waals surface area contributed by atoms with E-state index in [2.05, 4.69) is 53.6 Å². The quantitative estimate of drug-likeness (QED) is 0.649. The highest BCUT2D eigenvalue weighted by Gasteiger charge is 2.09. The topological polar surface area (TPSA) is 56.7 Å². The SMILES string of the molecule is CC(C)c1ccc(CSc2nnnn2Cc2ccco2)cc1. The maximum atomic E-state index is 5.33. The Bertz CT molecular complexity index is 704. The first-order valence-electron chi connectivity index (χ1n) is 7.22. The molecule has 0 unspecified atom stereocenters. The summed E-state index contributed by atoms with van der Waals surface area (Å²) in [6, 6.07) is 12.5. The molecule has 0 saturated heterocycles. The molecule has 2 heterocycles. The van der Waals surface area contributed by atoms with Crippen LogP contribution in [0.2, 0.25) is 0 Å². The summed E-state index contributed by atoms with van der Waals surface area (Å²) in [5.74, 6) is 2.24. The highest BCUT2D eigenvalue weighted by Crippen LogP contribution is 2.22. The minimum atomic E-state index is 0.550. The highest BCUT2D eigenvalue weighted by atomic mass is 32.2. The Morgan fingerprint density at radius 2 is 2.00 bits per heavy atom. The molecule has 0 spiro atoms. The molecule has 0 atom stereocenters. The summed E-state index contributed by atoms with van der Waals surface area (Å²) in [6.45, 7) is 4.95. The van der Waals surface area contributed by atoms with Crippen LogP contribution in [0.25, 0.3) is 0 Å². The van der Waals surface area contributed by atoms with Gasteiger partial charge in [0.1, 0.15) is 12.3 Å². The van der Waals surface area contributed by atoms with Crippen LogP contribution in [0, 0.1) is 0 Å². The molecule has 2 aromatic heterocycles. The lowest BCUT2D eigenvalue weighted by Crippen LogP contribution is -2.03. The smallest absolute Gasteiger partial charge is 0.210 e. The number of hydrogen-bond donors (Lipinski definition) is 0. The third kappa shape index (κ3) is 3.57. The minimum absolute atomic E-state index is 0.550. The molecule has 1 aromatic carbocycles. The summed E-state index contributed by atoms with van der Waals surface area (Å²) < 4.78 is 7.09. The molecule has 0 aliphatic rings. The normalized spacial score (nSPS) is 11.2. The van der Waals surface area contributed by atoms with E-state index in [-0.39, 0.29) is 0 Å². The predicted molar refractivity (Wildman–Crippen MR) is 85.7 cm³/mol. The Kier molecular flexibility index (Phi) is 4.58. The van der Waals surface area contributed by atoms with Crippen LogP contribution in [0.1, 0.15) is 36.7 Å². The van der Waals surface area contributed by atoms with E-state index in [0.717, 1.165) is 16.7 Å². The number of nitrogens with zero attached hydrogens (tertiary/aromatic N) is 4. The summed E-state index contributed by atoms with van der Waals surface area (Å²) in [5.41, 5.74) is 2.62. The van der Waals surface area contributed by atoms with E-state index in [0.29, 0.717) is 12.5 Å². The molecule has 22 heavy (non-hydrogen) atoms. The third-order valence-corrected chi connectivity index (χ3v) is 4.43. The Balaban J connectivity index is 1.63. The first-order chi connectivity index (χ1) is 10.7. The summed E-state index contributed by atoms with van der Waals surface area (Å²) >= 11 is 1.63. The molecule has 0 fully saturated rings. The standard InChI is InChI=1S/C16H18N4OS/c1-12(2)14-7-5-13(6-8-14)11-22-16-17-18-19-20(16)10-15-4-3-9-21-15/h3-9,12H,10-11H2,1-2H3. The van der Waals surface area contributed by atoms with E-state index in [1.165, 1.54) is 11.1 Å².